The molecule has 0 spiro atoms. The summed E-state index contributed by atoms with van der Waals surface area (Å²) in [5.74, 6) is 0.562. The van der Waals surface area contributed by atoms with E-state index in [-0.39, 0.29) is 6.04 Å². The van der Waals surface area contributed by atoms with Crippen molar-refractivity contribution in [3.8, 4) is 0 Å². The van der Waals surface area contributed by atoms with E-state index in [1.165, 1.54) is 11.4 Å². The largest absolute Gasteiger partial charge is 0.329 e. The number of nitrogens with one attached hydrogen (secondary N) is 1. The van der Waals surface area contributed by atoms with Crippen molar-refractivity contribution in [2.75, 3.05) is 20.1 Å². The van der Waals surface area contributed by atoms with Gasteiger partial charge in [0.1, 0.15) is 0 Å². The molecule has 84 valence electrons. The van der Waals surface area contributed by atoms with Gasteiger partial charge in [0.2, 0.25) is 0 Å². The molecule has 5 nitrogen and oxygen atoms in total. The molecule has 3 N–H and O–H groups in total. The van der Waals surface area contributed by atoms with Crippen LogP contribution in [0, 0.1) is 5.92 Å². The van der Waals surface area contributed by atoms with E-state index >= 15 is 0 Å². The van der Waals surface area contributed by atoms with Crippen LogP contribution in [0.25, 0.3) is 0 Å². The van der Waals surface area contributed by atoms with E-state index in [1.54, 1.807) is 0 Å². The number of rotatable bonds is 3. The smallest absolute Gasteiger partial charge is 0.279 e. The number of hydrogen-bond acceptors (Lipinski definition) is 3. The van der Waals surface area contributed by atoms with Gasteiger partial charge in [-0.15, -0.1) is 0 Å². The third-order valence-corrected chi connectivity index (χ3v) is 4.38. The second kappa shape index (κ2) is 4.57. The highest BCUT2D eigenvalue weighted by Crippen LogP contribution is 2.23. The highest BCUT2D eigenvalue weighted by Gasteiger charge is 2.32. The predicted octanol–water partition coefficient (Wildman–Crippen LogP) is -0.490. The summed E-state index contributed by atoms with van der Waals surface area (Å²) in [7, 11) is -1.87. The Balaban J connectivity index is 2.78. The standard InChI is InChI=1S/C8H19N3O2S/c1-7-3-4-11(8(5-7)6-9)14(12,13)10-2/h7-8,10H,3-6,9H2,1-2H3. The van der Waals surface area contributed by atoms with Crippen molar-refractivity contribution in [2.45, 2.75) is 25.8 Å². The summed E-state index contributed by atoms with van der Waals surface area (Å²) in [5.41, 5.74) is 5.57. The molecule has 0 aliphatic carbocycles. The van der Waals surface area contributed by atoms with Gasteiger partial charge >= 0.3 is 0 Å². The average molecular weight is 221 g/mol. The zero-order valence-electron chi connectivity index (χ0n) is 8.73. The van der Waals surface area contributed by atoms with Crippen LogP contribution in [-0.4, -0.2) is 38.9 Å². The quantitative estimate of drug-likeness (QED) is 0.675. The number of nitrogens with zero attached hydrogens (tertiary/aromatic N) is 1. The van der Waals surface area contributed by atoms with E-state index in [2.05, 4.69) is 11.6 Å². The molecule has 2 atom stereocenters. The highest BCUT2D eigenvalue weighted by atomic mass is 32.2. The van der Waals surface area contributed by atoms with Crippen LogP contribution in [0.15, 0.2) is 0 Å². The van der Waals surface area contributed by atoms with E-state index in [0.29, 0.717) is 19.0 Å². The van der Waals surface area contributed by atoms with E-state index in [9.17, 15) is 8.42 Å². The lowest BCUT2D eigenvalue weighted by Crippen LogP contribution is -2.52. The fourth-order valence-corrected chi connectivity index (χ4v) is 3.02. The minimum absolute atomic E-state index is 0.0452. The van der Waals surface area contributed by atoms with Gasteiger partial charge in [-0.1, -0.05) is 6.92 Å². The van der Waals surface area contributed by atoms with Crippen molar-refractivity contribution >= 4 is 10.2 Å². The summed E-state index contributed by atoms with van der Waals surface area (Å²) in [5, 5.41) is 0. The number of piperidine rings is 1. The molecule has 0 radical (unpaired) electrons. The fourth-order valence-electron chi connectivity index (χ4n) is 1.88. The first-order valence-corrected chi connectivity index (χ1v) is 6.35. The second-order valence-corrected chi connectivity index (χ2v) is 5.67. The Morgan fingerprint density at radius 3 is 2.71 bits per heavy atom. The molecule has 0 saturated carbocycles. The van der Waals surface area contributed by atoms with Crippen LogP contribution in [0.5, 0.6) is 0 Å². The molecule has 0 aromatic rings. The Bertz CT molecular complexity index is 278. The van der Waals surface area contributed by atoms with Gasteiger partial charge in [0, 0.05) is 26.2 Å². The zero-order valence-corrected chi connectivity index (χ0v) is 9.55. The lowest BCUT2D eigenvalue weighted by molar-refractivity contribution is 0.209. The molecule has 0 aromatic carbocycles. The van der Waals surface area contributed by atoms with Gasteiger partial charge in [-0.3, -0.25) is 0 Å². The molecule has 0 aromatic heterocycles. The lowest BCUT2D eigenvalue weighted by atomic mass is 9.94. The van der Waals surface area contributed by atoms with E-state index in [4.69, 9.17) is 5.73 Å². The maximum Gasteiger partial charge on any atom is 0.279 e. The minimum Gasteiger partial charge on any atom is -0.329 e. The molecule has 1 saturated heterocycles. The summed E-state index contributed by atoms with van der Waals surface area (Å²) in [6.07, 6.45) is 1.77. The van der Waals surface area contributed by atoms with Crippen LogP contribution in [0.2, 0.25) is 0 Å². The zero-order chi connectivity index (χ0) is 10.8. The molecule has 2 unspecified atom stereocenters. The van der Waals surface area contributed by atoms with Crippen molar-refractivity contribution in [3.63, 3.8) is 0 Å². The Labute approximate surface area is 85.8 Å². The first-order valence-electron chi connectivity index (χ1n) is 4.91. The fraction of sp³-hybridized carbons (Fsp3) is 1.00. The Morgan fingerprint density at radius 1 is 1.57 bits per heavy atom. The molecule has 6 heteroatoms. The molecule has 1 fully saturated rings. The summed E-state index contributed by atoms with van der Waals surface area (Å²) >= 11 is 0. The van der Waals surface area contributed by atoms with Crippen LogP contribution >= 0.6 is 0 Å². The van der Waals surface area contributed by atoms with E-state index < -0.39 is 10.2 Å². The van der Waals surface area contributed by atoms with Gasteiger partial charge in [0.25, 0.3) is 10.2 Å². The molecule has 1 rings (SSSR count). The first-order chi connectivity index (χ1) is 6.51. The Hall–Kier alpha value is -0.170. The van der Waals surface area contributed by atoms with Crippen LogP contribution in [0.1, 0.15) is 19.8 Å². The molecule has 1 aliphatic rings. The van der Waals surface area contributed by atoms with Crippen molar-refractivity contribution in [2.24, 2.45) is 11.7 Å². The minimum atomic E-state index is -3.30. The van der Waals surface area contributed by atoms with Crippen LogP contribution < -0.4 is 10.5 Å². The van der Waals surface area contributed by atoms with Crippen molar-refractivity contribution in [1.29, 1.82) is 0 Å². The first kappa shape index (κ1) is 11.9. The third-order valence-electron chi connectivity index (χ3n) is 2.76. The maximum absolute atomic E-state index is 11.6. The van der Waals surface area contributed by atoms with Gasteiger partial charge in [0.05, 0.1) is 0 Å². The predicted molar refractivity (Wildman–Crippen MR) is 55.9 cm³/mol. The summed E-state index contributed by atoms with van der Waals surface area (Å²) in [4.78, 5) is 0. The maximum atomic E-state index is 11.6. The SMILES string of the molecule is CNS(=O)(=O)N1CCC(C)CC1CN. The third kappa shape index (κ3) is 2.44. The molecule has 1 aliphatic heterocycles. The van der Waals surface area contributed by atoms with Crippen LogP contribution in [0.3, 0.4) is 0 Å². The van der Waals surface area contributed by atoms with Crippen molar-refractivity contribution < 1.29 is 8.42 Å². The molecular weight excluding hydrogens is 202 g/mol. The van der Waals surface area contributed by atoms with Gasteiger partial charge in [-0.05, 0) is 18.8 Å². The number of hydrogen-bond donors (Lipinski definition) is 2. The Kier molecular flexibility index (Phi) is 3.88. The lowest BCUT2D eigenvalue weighted by Gasteiger charge is -2.36. The molecule has 14 heavy (non-hydrogen) atoms. The van der Waals surface area contributed by atoms with Crippen molar-refractivity contribution in [1.82, 2.24) is 9.03 Å². The average Bonchev–Trinajstić information content (AvgIpc) is 2.17. The van der Waals surface area contributed by atoms with Gasteiger partial charge in [-0.25, -0.2) is 4.72 Å². The molecule has 0 amide bonds. The van der Waals surface area contributed by atoms with Gasteiger partial charge in [-0.2, -0.15) is 12.7 Å². The van der Waals surface area contributed by atoms with Gasteiger partial charge < -0.3 is 5.73 Å². The normalized spacial score (nSPS) is 30.5. The van der Waals surface area contributed by atoms with Gasteiger partial charge in [0.15, 0.2) is 0 Å². The molecule has 1 heterocycles. The van der Waals surface area contributed by atoms with Crippen LogP contribution in [-0.2, 0) is 10.2 Å². The number of nitrogens with two attached hydrogens (primary N) is 1. The Morgan fingerprint density at radius 2 is 2.21 bits per heavy atom. The topological polar surface area (TPSA) is 75.4 Å². The van der Waals surface area contributed by atoms with Crippen molar-refractivity contribution in [3.05, 3.63) is 0 Å². The van der Waals surface area contributed by atoms with E-state index in [1.807, 2.05) is 0 Å². The monoisotopic (exact) mass is 221 g/mol. The molecular formula is C8H19N3O2S. The summed E-state index contributed by atoms with van der Waals surface area (Å²) in [6.45, 7) is 3.10. The highest BCUT2D eigenvalue weighted by molar-refractivity contribution is 7.87. The second-order valence-electron chi connectivity index (χ2n) is 3.84. The molecule has 0 bridgehead atoms. The summed E-state index contributed by atoms with van der Waals surface area (Å²) < 4.78 is 27.0. The van der Waals surface area contributed by atoms with Crippen LogP contribution in [0.4, 0.5) is 0 Å². The van der Waals surface area contributed by atoms with E-state index in [0.717, 1.165) is 12.8 Å². The summed E-state index contributed by atoms with van der Waals surface area (Å²) in [6, 6.07) is -0.0452.